The van der Waals surface area contributed by atoms with E-state index in [1.807, 2.05) is 41.2 Å². The molecule has 6 heteroatoms. The normalized spacial score (nSPS) is 10.5. The van der Waals surface area contributed by atoms with Crippen molar-refractivity contribution in [2.45, 2.75) is 0 Å². The highest BCUT2D eigenvalue weighted by molar-refractivity contribution is 5.91. The molecule has 0 radical (unpaired) electrons. The Morgan fingerprint density at radius 3 is 2.48 bits per heavy atom. The van der Waals surface area contributed by atoms with Gasteiger partial charge < -0.3 is 13.7 Å². The molecule has 4 aromatic rings. The van der Waals surface area contributed by atoms with Crippen LogP contribution in [0.15, 0.2) is 82.3 Å². The van der Waals surface area contributed by atoms with Gasteiger partial charge in [-0.3, -0.25) is 0 Å². The summed E-state index contributed by atoms with van der Waals surface area (Å²) < 4.78 is 12.4. The van der Waals surface area contributed by atoms with Crippen LogP contribution in [0.2, 0.25) is 0 Å². The molecule has 6 nitrogen and oxygen atoms in total. The first-order valence-electron chi connectivity index (χ1n) is 8.08. The first-order valence-corrected chi connectivity index (χ1v) is 8.08. The van der Waals surface area contributed by atoms with E-state index in [0.717, 1.165) is 5.69 Å². The maximum absolute atomic E-state index is 12.4. The summed E-state index contributed by atoms with van der Waals surface area (Å²) in [6, 6.07) is 18.7. The van der Waals surface area contributed by atoms with Gasteiger partial charge in [0, 0.05) is 29.5 Å². The lowest BCUT2D eigenvalue weighted by atomic mass is 10.2. The van der Waals surface area contributed by atoms with Gasteiger partial charge in [-0.1, -0.05) is 0 Å². The van der Waals surface area contributed by atoms with Gasteiger partial charge >= 0.3 is 11.6 Å². The molecular weight excluding hydrogens is 344 g/mol. The van der Waals surface area contributed by atoms with Crippen molar-refractivity contribution in [2.24, 2.45) is 0 Å². The first-order chi connectivity index (χ1) is 13.1. The van der Waals surface area contributed by atoms with E-state index in [4.69, 9.17) is 14.4 Å². The lowest BCUT2D eigenvalue weighted by Crippen LogP contribution is -2.09. The van der Waals surface area contributed by atoms with Crippen molar-refractivity contribution in [1.29, 1.82) is 5.26 Å². The lowest BCUT2D eigenvalue weighted by molar-refractivity contribution is 0.0735. The summed E-state index contributed by atoms with van der Waals surface area (Å²) >= 11 is 0. The summed E-state index contributed by atoms with van der Waals surface area (Å²) in [6.07, 6.45) is 3.82. The Balaban J connectivity index is 1.57. The number of hydrogen-bond donors (Lipinski definition) is 0. The summed E-state index contributed by atoms with van der Waals surface area (Å²) in [6.45, 7) is 0. The van der Waals surface area contributed by atoms with Crippen LogP contribution in [0.5, 0.6) is 5.75 Å². The standard InChI is InChI=1S/C21H12N2O4/c22-13-16-11-15-5-8-18(12-19(15)27-21(16)25)26-20(24)14-3-6-17(7-4-14)23-9-1-2-10-23/h1-12H. The van der Waals surface area contributed by atoms with Crippen LogP contribution in [0, 0.1) is 11.3 Å². The van der Waals surface area contributed by atoms with Crippen molar-refractivity contribution in [3.05, 3.63) is 94.6 Å². The molecule has 0 unspecified atom stereocenters. The van der Waals surface area contributed by atoms with Crippen LogP contribution in [0.3, 0.4) is 0 Å². The molecule has 0 fully saturated rings. The molecule has 2 heterocycles. The molecule has 0 aliphatic carbocycles. The molecule has 130 valence electrons. The quantitative estimate of drug-likeness (QED) is 0.318. The van der Waals surface area contributed by atoms with Gasteiger partial charge in [0.05, 0.1) is 5.56 Å². The maximum Gasteiger partial charge on any atom is 0.354 e. The summed E-state index contributed by atoms with van der Waals surface area (Å²) in [4.78, 5) is 24.0. The highest BCUT2D eigenvalue weighted by Crippen LogP contribution is 2.21. The molecule has 0 aliphatic rings. The van der Waals surface area contributed by atoms with Crippen molar-refractivity contribution in [3.63, 3.8) is 0 Å². The molecule has 2 aromatic carbocycles. The molecule has 0 bridgehead atoms. The maximum atomic E-state index is 12.4. The topological polar surface area (TPSA) is 85.2 Å². The second kappa shape index (κ2) is 6.65. The largest absolute Gasteiger partial charge is 0.423 e. The molecule has 0 saturated heterocycles. The number of esters is 1. The molecule has 2 aromatic heterocycles. The van der Waals surface area contributed by atoms with Crippen LogP contribution in [-0.4, -0.2) is 10.5 Å². The Labute approximate surface area is 153 Å². The minimum atomic E-state index is -0.728. The molecule has 0 atom stereocenters. The Morgan fingerprint density at radius 1 is 1.04 bits per heavy atom. The number of benzene rings is 2. The van der Waals surface area contributed by atoms with Gasteiger partial charge in [0.15, 0.2) is 0 Å². The number of aromatic nitrogens is 1. The fourth-order valence-corrected chi connectivity index (χ4v) is 2.68. The average Bonchev–Trinajstić information content (AvgIpc) is 3.22. The zero-order valence-electron chi connectivity index (χ0n) is 14.0. The van der Waals surface area contributed by atoms with E-state index in [0.29, 0.717) is 10.9 Å². The fraction of sp³-hybridized carbons (Fsp3) is 0. The Morgan fingerprint density at radius 2 is 1.78 bits per heavy atom. The molecule has 0 saturated carbocycles. The average molecular weight is 356 g/mol. The summed E-state index contributed by atoms with van der Waals surface area (Å²) in [5.74, 6) is -0.278. The minimum absolute atomic E-state index is 0.0740. The van der Waals surface area contributed by atoms with Crippen LogP contribution in [0.1, 0.15) is 15.9 Å². The van der Waals surface area contributed by atoms with Gasteiger partial charge in [-0.25, -0.2) is 9.59 Å². The number of rotatable bonds is 3. The Bertz CT molecular complexity index is 1230. The summed E-state index contributed by atoms with van der Waals surface area (Å²) in [5, 5.41) is 9.45. The second-order valence-corrected chi connectivity index (χ2v) is 5.79. The molecular formula is C21H12N2O4. The number of nitriles is 1. The van der Waals surface area contributed by atoms with E-state index >= 15 is 0 Å². The van der Waals surface area contributed by atoms with Crippen LogP contribution >= 0.6 is 0 Å². The predicted octanol–water partition coefficient (Wildman–Crippen LogP) is 3.67. The van der Waals surface area contributed by atoms with Gasteiger partial charge in [0.2, 0.25) is 0 Å². The molecule has 0 aliphatic heterocycles. The van der Waals surface area contributed by atoms with E-state index in [-0.39, 0.29) is 16.9 Å². The van der Waals surface area contributed by atoms with Crippen LogP contribution in [-0.2, 0) is 0 Å². The SMILES string of the molecule is N#Cc1cc2ccc(OC(=O)c3ccc(-n4cccc4)cc3)cc2oc1=O. The van der Waals surface area contributed by atoms with E-state index < -0.39 is 11.6 Å². The highest BCUT2D eigenvalue weighted by atomic mass is 16.5. The number of carbonyl (C=O) groups is 1. The summed E-state index contributed by atoms with van der Waals surface area (Å²) in [5.41, 5.74) is 0.765. The molecule has 27 heavy (non-hydrogen) atoms. The van der Waals surface area contributed by atoms with E-state index in [9.17, 15) is 9.59 Å². The van der Waals surface area contributed by atoms with Gasteiger partial charge in [0.1, 0.15) is 23.0 Å². The zero-order valence-corrected chi connectivity index (χ0v) is 14.0. The summed E-state index contributed by atoms with van der Waals surface area (Å²) in [7, 11) is 0. The third-order valence-electron chi connectivity index (χ3n) is 4.04. The smallest absolute Gasteiger partial charge is 0.354 e. The molecule has 0 N–H and O–H groups in total. The number of hydrogen-bond acceptors (Lipinski definition) is 5. The van der Waals surface area contributed by atoms with Crippen molar-refractivity contribution in [3.8, 4) is 17.5 Å². The first kappa shape index (κ1) is 16.4. The fourth-order valence-electron chi connectivity index (χ4n) is 2.68. The van der Waals surface area contributed by atoms with Crippen LogP contribution in [0.4, 0.5) is 0 Å². The van der Waals surface area contributed by atoms with Crippen LogP contribution < -0.4 is 10.4 Å². The number of ether oxygens (including phenoxy) is 1. The highest BCUT2D eigenvalue weighted by Gasteiger charge is 2.11. The van der Waals surface area contributed by atoms with Crippen molar-refractivity contribution < 1.29 is 13.9 Å². The van der Waals surface area contributed by atoms with Gasteiger partial charge in [-0.05, 0) is 54.6 Å². The molecule has 0 spiro atoms. The number of carbonyl (C=O) groups excluding carboxylic acids is 1. The van der Waals surface area contributed by atoms with Gasteiger partial charge in [-0.15, -0.1) is 0 Å². The minimum Gasteiger partial charge on any atom is -0.423 e. The molecule has 0 amide bonds. The van der Waals surface area contributed by atoms with E-state index in [2.05, 4.69) is 0 Å². The third kappa shape index (κ3) is 3.22. The Kier molecular flexibility index (Phi) is 4.03. The second-order valence-electron chi connectivity index (χ2n) is 5.79. The Hall–Kier alpha value is -4.11. The van der Waals surface area contributed by atoms with Crippen molar-refractivity contribution in [1.82, 2.24) is 4.57 Å². The van der Waals surface area contributed by atoms with Gasteiger partial charge in [-0.2, -0.15) is 5.26 Å². The monoisotopic (exact) mass is 356 g/mol. The van der Waals surface area contributed by atoms with E-state index in [1.54, 1.807) is 30.3 Å². The predicted molar refractivity (Wildman–Crippen MR) is 97.9 cm³/mol. The van der Waals surface area contributed by atoms with Crippen molar-refractivity contribution in [2.75, 3.05) is 0 Å². The zero-order chi connectivity index (χ0) is 18.8. The molecule has 4 rings (SSSR count). The van der Waals surface area contributed by atoms with Crippen LogP contribution in [0.25, 0.3) is 16.7 Å². The van der Waals surface area contributed by atoms with Gasteiger partial charge in [0.25, 0.3) is 0 Å². The van der Waals surface area contributed by atoms with E-state index in [1.165, 1.54) is 12.1 Å². The number of fused-ring (bicyclic) bond motifs is 1. The third-order valence-corrected chi connectivity index (χ3v) is 4.04. The van der Waals surface area contributed by atoms with Crippen molar-refractivity contribution >= 4 is 16.9 Å². The number of nitrogens with zero attached hydrogens (tertiary/aromatic N) is 2. The lowest BCUT2D eigenvalue weighted by Gasteiger charge is -2.07.